The number of nitrogens with one attached hydrogen (secondary N) is 1. The number of hydrogen-bond acceptors (Lipinski definition) is 4. The maximum Gasteiger partial charge on any atom is 0.407 e. The summed E-state index contributed by atoms with van der Waals surface area (Å²) in [5.41, 5.74) is 1.14. The van der Waals surface area contributed by atoms with Gasteiger partial charge in [0, 0.05) is 17.4 Å². The second kappa shape index (κ2) is 7.94. The molecule has 0 unspecified atom stereocenters. The molecule has 1 aliphatic heterocycles. The first-order valence-corrected chi connectivity index (χ1v) is 10.8. The molecule has 2 heterocycles. The van der Waals surface area contributed by atoms with Crippen molar-refractivity contribution in [2.45, 2.75) is 65.0 Å². The summed E-state index contributed by atoms with van der Waals surface area (Å²) in [5, 5.41) is 3.07. The molecule has 2 aliphatic carbocycles. The minimum Gasteiger partial charge on any atom is -0.467 e. The molecule has 1 N–H and O–H groups in total. The number of fused-ring (bicyclic) bond motifs is 2. The van der Waals surface area contributed by atoms with E-state index >= 15 is 0 Å². The van der Waals surface area contributed by atoms with Crippen LogP contribution in [0.3, 0.4) is 0 Å². The van der Waals surface area contributed by atoms with Crippen molar-refractivity contribution in [1.29, 1.82) is 0 Å². The van der Waals surface area contributed by atoms with E-state index in [0.717, 1.165) is 18.6 Å². The lowest BCUT2D eigenvalue weighted by Gasteiger charge is -2.54. The van der Waals surface area contributed by atoms with Crippen molar-refractivity contribution in [2.24, 2.45) is 23.2 Å². The molecule has 1 amide bonds. The number of amides is 1. The van der Waals surface area contributed by atoms with Crippen LogP contribution in [0.5, 0.6) is 0 Å². The Kier molecular flexibility index (Phi) is 5.55. The normalized spacial score (nSPS) is 35.9. The van der Waals surface area contributed by atoms with Gasteiger partial charge in [-0.15, -0.1) is 0 Å². The van der Waals surface area contributed by atoms with Crippen molar-refractivity contribution in [1.82, 2.24) is 5.32 Å². The van der Waals surface area contributed by atoms with Crippen LogP contribution in [0.4, 0.5) is 4.79 Å². The van der Waals surface area contributed by atoms with Crippen LogP contribution in [-0.2, 0) is 9.47 Å². The highest BCUT2D eigenvalue weighted by Gasteiger charge is 2.55. The Bertz CT molecular complexity index is 706. The van der Waals surface area contributed by atoms with Gasteiger partial charge >= 0.3 is 6.09 Å². The van der Waals surface area contributed by atoms with Gasteiger partial charge in [-0.25, -0.2) is 4.79 Å². The van der Waals surface area contributed by atoms with Crippen molar-refractivity contribution in [3.63, 3.8) is 0 Å². The van der Waals surface area contributed by atoms with E-state index in [1.807, 2.05) is 12.1 Å². The van der Waals surface area contributed by atoms with Crippen LogP contribution in [0.1, 0.15) is 64.7 Å². The van der Waals surface area contributed by atoms with E-state index < -0.39 is 0 Å². The number of allylic oxidation sites excluding steroid dienone is 1. The molecule has 3 aliphatic rings. The lowest BCUT2D eigenvalue weighted by Crippen LogP contribution is -2.55. The molecule has 2 fully saturated rings. The second-order valence-corrected chi connectivity index (χ2v) is 9.05. The topological polar surface area (TPSA) is 60.7 Å². The molecule has 28 heavy (non-hydrogen) atoms. The number of ether oxygens (including phenoxy) is 2. The maximum absolute atomic E-state index is 12.4. The third-order valence-corrected chi connectivity index (χ3v) is 7.47. The molecule has 2 bridgehead atoms. The first-order chi connectivity index (χ1) is 13.5. The standard InChI is InChI=1S/C23H33NO4/c1-15-12-16(2)23(14-28-22(25)24-18-8-5-4-6-9-18)13-27-21(20(15)17(23)3)19-10-7-11-26-19/h7,10-12,16-18,20-21H,4-6,8-9,13-14H2,1-3H3,(H,24,25)/t16-,17-,20-,21+,23-/m1/s1. The largest absolute Gasteiger partial charge is 0.467 e. The molecule has 5 atom stereocenters. The molecule has 5 nitrogen and oxygen atoms in total. The summed E-state index contributed by atoms with van der Waals surface area (Å²) in [4.78, 5) is 12.4. The highest BCUT2D eigenvalue weighted by molar-refractivity contribution is 5.67. The predicted octanol–water partition coefficient (Wildman–Crippen LogP) is 5.24. The van der Waals surface area contributed by atoms with Crippen LogP contribution in [0, 0.1) is 23.2 Å². The van der Waals surface area contributed by atoms with E-state index in [1.165, 1.54) is 24.8 Å². The van der Waals surface area contributed by atoms with Crippen molar-refractivity contribution in [3.8, 4) is 0 Å². The van der Waals surface area contributed by atoms with Crippen molar-refractivity contribution in [2.75, 3.05) is 13.2 Å². The molecule has 0 radical (unpaired) electrons. The molecule has 0 aromatic carbocycles. The number of alkyl carbamates (subject to hydrolysis) is 1. The van der Waals surface area contributed by atoms with Crippen LogP contribution in [0.25, 0.3) is 0 Å². The van der Waals surface area contributed by atoms with Gasteiger partial charge in [0.1, 0.15) is 18.5 Å². The van der Waals surface area contributed by atoms with Gasteiger partial charge in [-0.2, -0.15) is 0 Å². The molecule has 154 valence electrons. The van der Waals surface area contributed by atoms with Crippen LogP contribution in [0.15, 0.2) is 34.5 Å². The SMILES string of the molecule is CC1=C[C@@H](C)[C@]2(COC(=O)NC3CCCCC3)CO[C@@H](c3ccco3)[C@H]1[C@H]2C. The Morgan fingerprint density at radius 3 is 2.79 bits per heavy atom. The monoisotopic (exact) mass is 387 g/mol. The average molecular weight is 388 g/mol. The molecule has 1 saturated carbocycles. The van der Waals surface area contributed by atoms with E-state index in [-0.39, 0.29) is 29.6 Å². The number of furan rings is 1. The third kappa shape index (κ3) is 3.49. The first-order valence-electron chi connectivity index (χ1n) is 10.8. The zero-order chi connectivity index (χ0) is 19.7. The molecule has 0 spiro atoms. The summed E-state index contributed by atoms with van der Waals surface area (Å²) in [6.45, 7) is 7.63. The summed E-state index contributed by atoms with van der Waals surface area (Å²) in [6.07, 6.45) is 9.46. The van der Waals surface area contributed by atoms with E-state index in [9.17, 15) is 4.79 Å². The second-order valence-electron chi connectivity index (χ2n) is 9.05. The minimum atomic E-state index is -0.281. The number of carbonyl (C=O) groups is 1. The Morgan fingerprint density at radius 1 is 1.29 bits per heavy atom. The van der Waals surface area contributed by atoms with Crippen molar-refractivity contribution >= 4 is 6.09 Å². The van der Waals surface area contributed by atoms with Gasteiger partial charge in [-0.1, -0.05) is 44.8 Å². The van der Waals surface area contributed by atoms with Gasteiger partial charge in [0.15, 0.2) is 0 Å². The molecule has 1 saturated heterocycles. The van der Waals surface area contributed by atoms with Gasteiger partial charge in [-0.3, -0.25) is 0 Å². The highest BCUT2D eigenvalue weighted by atomic mass is 16.6. The van der Waals surface area contributed by atoms with Crippen molar-refractivity contribution in [3.05, 3.63) is 35.8 Å². The summed E-state index contributed by atoms with van der Waals surface area (Å²) >= 11 is 0. The Hall–Kier alpha value is -1.75. The van der Waals surface area contributed by atoms with Gasteiger partial charge in [0.05, 0.1) is 12.9 Å². The smallest absolute Gasteiger partial charge is 0.407 e. The fourth-order valence-corrected chi connectivity index (χ4v) is 5.62. The summed E-state index contributed by atoms with van der Waals surface area (Å²) < 4.78 is 17.8. The molecule has 5 heteroatoms. The van der Waals surface area contributed by atoms with E-state index in [4.69, 9.17) is 13.9 Å². The van der Waals surface area contributed by atoms with Crippen LogP contribution in [-0.4, -0.2) is 25.3 Å². The van der Waals surface area contributed by atoms with E-state index in [0.29, 0.717) is 25.0 Å². The van der Waals surface area contributed by atoms with Crippen LogP contribution >= 0.6 is 0 Å². The van der Waals surface area contributed by atoms with Crippen LogP contribution in [0.2, 0.25) is 0 Å². The van der Waals surface area contributed by atoms with E-state index in [2.05, 4.69) is 32.2 Å². The lowest BCUT2D eigenvalue weighted by molar-refractivity contribution is -0.170. The fourth-order valence-electron chi connectivity index (χ4n) is 5.62. The molecular weight excluding hydrogens is 354 g/mol. The Balaban J connectivity index is 1.46. The molecular formula is C23H33NO4. The predicted molar refractivity (Wildman–Crippen MR) is 107 cm³/mol. The lowest BCUT2D eigenvalue weighted by atomic mass is 9.56. The van der Waals surface area contributed by atoms with Gasteiger partial charge < -0.3 is 19.2 Å². The number of rotatable bonds is 4. The molecule has 1 aromatic rings. The summed E-state index contributed by atoms with van der Waals surface area (Å²) in [7, 11) is 0. The number of carbonyl (C=O) groups excluding carboxylic acids is 1. The summed E-state index contributed by atoms with van der Waals surface area (Å²) in [5.74, 6) is 1.74. The first kappa shape index (κ1) is 19.6. The average Bonchev–Trinajstić information content (AvgIpc) is 3.21. The quantitative estimate of drug-likeness (QED) is 0.717. The third-order valence-electron chi connectivity index (χ3n) is 7.47. The zero-order valence-electron chi connectivity index (χ0n) is 17.3. The minimum absolute atomic E-state index is 0.0714. The van der Waals surface area contributed by atoms with Crippen LogP contribution < -0.4 is 5.32 Å². The maximum atomic E-state index is 12.4. The summed E-state index contributed by atoms with van der Waals surface area (Å²) in [6, 6.07) is 4.17. The van der Waals surface area contributed by atoms with Gasteiger partial charge in [0.2, 0.25) is 0 Å². The van der Waals surface area contributed by atoms with Gasteiger partial charge in [-0.05, 0) is 43.7 Å². The number of hydrogen-bond donors (Lipinski definition) is 1. The van der Waals surface area contributed by atoms with Crippen molar-refractivity contribution < 1.29 is 18.7 Å². The van der Waals surface area contributed by atoms with Gasteiger partial charge in [0.25, 0.3) is 0 Å². The van der Waals surface area contributed by atoms with E-state index in [1.54, 1.807) is 6.26 Å². The Labute approximate surface area is 167 Å². The fraction of sp³-hybridized carbons (Fsp3) is 0.696. The highest BCUT2D eigenvalue weighted by Crippen LogP contribution is 2.56. The Morgan fingerprint density at radius 2 is 2.07 bits per heavy atom. The molecule has 1 aromatic heterocycles. The molecule has 4 rings (SSSR count). The zero-order valence-corrected chi connectivity index (χ0v) is 17.3.